The summed E-state index contributed by atoms with van der Waals surface area (Å²) in [5.41, 5.74) is 2.27. The Kier molecular flexibility index (Phi) is 3.63. The lowest BCUT2D eigenvalue weighted by Gasteiger charge is -2.42. The fourth-order valence-electron chi connectivity index (χ4n) is 3.33. The van der Waals surface area contributed by atoms with Gasteiger partial charge in [-0.1, -0.05) is 31.6 Å². The highest BCUT2D eigenvalue weighted by Gasteiger charge is 2.40. The molecule has 0 saturated carbocycles. The zero-order valence-electron chi connectivity index (χ0n) is 13.1. The zero-order chi connectivity index (χ0) is 14.4. The molecule has 1 N–H and O–H groups in total. The predicted octanol–water partition coefficient (Wildman–Crippen LogP) is 3.70. The van der Waals surface area contributed by atoms with E-state index in [9.17, 15) is 4.79 Å². The van der Waals surface area contributed by atoms with Crippen molar-refractivity contribution in [2.75, 3.05) is 0 Å². The number of allylic oxidation sites excluding steroid dienone is 3. The van der Waals surface area contributed by atoms with Gasteiger partial charge in [-0.05, 0) is 51.9 Å². The summed E-state index contributed by atoms with van der Waals surface area (Å²) >= 11 is 0. The third-order valence-corrected chi connectivity index (χ3v) is 4.36. The van der Waals surface area contributed by atoms with E-state index in [1.165, 1.54) is 12.0 Å². The first-order chi connectivity index (χ1) is 8.69. The lowest BCUT2D eigenvalue weighted by Crippen LogP contribution is -2.45. The van der Waals surface area contributed by atoms with E-state index in [0.717, 1.165) is 5.57 Å². The highest BCUT2D eigenvalue weighted by molar-refractivity contribution is 5.95. The maximum Gasteiger partial charge on any atom is 0.247 e. The third-order valence-electron chi connectivity index (χ3n) is 4.36. The summed E-state index contributed by atoms with van der Waals surface area (Å²) in [6, 6.07) is 0. The summed E-state index contributed by atoms with van der Waals surface area (Å²) in [5, 5.41) is 3.11. The van der Waals surface area contributed by atoms with Crippen molar-refractivity contribution in [1.29, 1.82) is 0 Å². The van der Waals surface area contributed by atoms with E-state index >= 15 is 0 Å². The SMILES string of the molecule is CC1=C[C@@H]2C(C(=O)NC(C)(C)C)=C[C@H]1C[C@H]2C(C)C. The number of carbonyl (C=O) groups is 1. The Morgan fingerprint density at radius 1 is 1.32 bits per heavy atom. The van der Waals surface area contributed by atoms with Gasteiger partial charge in [0.05, 0.1) is 0 Å². The van der Waals surface area contributed by atoms with Crippen molar-refractivity contribution in [1.82, 2.24) is 5.32 Å². The van der Waals surface area contributed by atoms with Crippen molar-refractivity contribution in [3.63, 3.8) is 0 Å². The smallest absolute Gasteiger partial charge is 0.247 e. The van der Waals surface area contributed by atoms with E-state index in [-0.39, 0.29) is 11.4 Å². The fourth-order valence-corrected chi connectivity index (χ4v) is 3.33. The number of hydrogen-bond donors (Lipinski definition) is 1. The summed E-state index contributed by atoms with van der Waals surface area (Å²) < 4.78 is 0. The molecular formula is C17H27NO. The molecule has 0 radical (unpaired) electrons. The lowest BCUT2D eigenvalue weighted by atomic mass is 9.63. The Morgan fingerprint density at radius 3 is 2.42 bits per heavy atom. The molecule has 0 fully saturated rings. The Balaban J connectivity index is 2.24. The van der Waals surface area contributed by atoms with E-state index < -0.39 is 0 Å². The molecule has 106 valence electrons. The second-order valence-electron chi connectivity index (χ2n) is 7.51. The van der Waals surface area contributed by atoms with Gasteiger partial charge >= 0.3 is 0 Å². The van der Waals surface area contributed by atoms with Gasteiger partial charge in [-0.15, -0.1) is 0 Å². The third kappa shape index (κ3) is 2.93. The molecule has 0 unspecified atom stereocenters. The van der Waals surface area contributed by atoms with Crippen LogP contribution < -0.4 is 5.32 Å². The van der Waals surface area contributed by atoms with Crippen molar-refractivity contribution in [3.05, 3.63) is 23.3 Å². The van der Waals surface area contributed by atoms with Crippen molar-refractivity contribution in [3.8, 4) is 0 Å². The molecule has 3 atom stereocenters. The number of hydrogen-bond acceptors (Lipinski definition) is 1. The summed E-state index contributed by atoms with van der Waals surface area (Å²) in [4.78, 5) is 12.5. The quantitative estimate of drug-likeness (QED) is 0.755. The Hall–Kier alpha value is -1.05. The first kappa shape index (κ1) is 14.4. The van der Waals surface area contributed by atoms with E-state index in [1.54, 1.807) is 0 Å². The Labute approximate surface area is 117 Å². The number of fused-ring (bicyclic) bond motifs is 1. The second kappa shape index (κ2) is 4.81. The van der Waals surface area contributed by atoms with Crippen LogP contribution in [0.2, 0.25) is 0 Å². The van der Waals surface area contributed by atoms with E-state index in [0.29, 0.717) is 23.7 Å². The summed E-state index contributed by atoms with van der Waals surface area (Å²) in [5.74, 6) is 2.14. The van der Waals surface area contributed by atoms with Crippen LogP contribution in [0, 0.1) is 23.7 Å². The molecule has 1 amide bonds. The van der Waals surface area contributed by atoms with Gasteiger partial charge in [0, 0.05) is 17.0 Å². The van der Waals surface area contributed by atoms with E-state index in [4.69, 9.17) is 0 Å². The molecule has 3 aliphatic rings. The first-order valence-electron chi connectivity index (χ1n) is 7.41. The van der Waals surface area contributed by atoms with Crippen LogP contribution >= 0.6 is 0 Å². The van der Waals surface area contributed by atoms with Crippen LogP contribution in [-0.2, 0) is 4.79 Å². The average Bonchev–Trinajstić information content (AvgIpc) is 2.26. The summed E-state index contributed by atoms with van der Waals surface area (Å²) in [6.07, 6.45) is 5.74. The Morgan fingerprint density at radius 2 is 1.95 bits per heavy atom. The highest BCUT2D eigenvalue weighted by atomic mass is 16.1. The van der Waals surface area contributed by atoms with Crippen LogP contribution in [0.15, 0.2) is 23.3 Å². The molecule has 19 heavy (non-hydrogen) atoms. The minimum Gasteiger partial charge on any atom is -0.348 e. The number of carbonyl (C=O) groups excluding carboxylic acids is 1. The second-order valence-corrected chi connectivity index (χ2v) is 7.51. The summed E-state index contributed by atoms with van der Waals surface area (Å²) in [6.45, 7) is 12.8. The van der Waals surface area contributed by atoms with Gasteiger partial charge in [-0.25, -0.2) is 0 Å². The molecule has 0 saturated heterocycles. The van der Waals surface area contributed by atoms with Crippen molar-refractivity contribution < 1.29 is 4.79 Å². The van der Waals surface area contributed by atoms with Crippen molar-refractivity contribution >= 4 is 5.91 Å². The standard InChI is InChI=1S/C17H27NO/c1-10(2)13-8-12-9-15(14(13)7-11(12)3)16(19)18-17(4,5)6/h7,9-10,12-14H,8H2,1-6H3,(H,18,19)/t12-,13+,14+/m1/s1. The molecule has 0 aromatic heterocycles. The van der Waals surface area contributed by atoms with Crippen LogP contribution in [0.5, 0.6) is 0 Å². The van der Waals surface area contributed by atoms with Crippen LogP contribution in [0.1, 0.15) is 48.0 Å². The minimum absolute atomic E-state index is 0.122. The number of nitrogens with one attached hydrogen (secondary N) is 1. The molecule has 0 aromatic carbocycles. The van der Waals surface area contributed by atoms with Crippen LogP contribution in [-0.4, -0.2) is 11.4 Å². The molecular weight excluding hydrogens is 234 g/mol. The van der Waals surface area contributed by atoms with E-state index in [2.05, 4.69) is 38.2 Å². The molecule has 0 spiro atoms. The van der Waals surface area contributed by atoms with Gasteiger partial charge in [-0.2, -0.15) is 0 Å². The van der Waals surface area contributed by atoms with Crippen molar-refractivity contribution in [2.24, 2.45) is 23.7 Å². The van der Waals surface area contributed by atoms with Gasteiger partial charge < -0.3 is 5.32 Å². The minimum atomic E-state index is -0.166. The van der Waals surface area contributed by atoms with E-state index in [1.807, 2.05) is 20.8 Å². The lowest BCUT2D eigenvalue weighted by molar-refractivity contribution is -0.119. The first-order valence-corrected chi connectivity index (χ1v) is 7.41. The summed E-state index contributed by atoms with van der Waals surface area (Å²) in [7, 11) is 0. The number of amides is 1. The molecule has 0 heterocycles. The predicted molar refractivity (Wildman–Crippen MR) is 79.7 cm³/mol. The van der Waals surface area contributed by atoms with Gasteiger partial charge in [0.1, 0.15) is 0 Å². The van der Waals surface area contributed by atoms with Crippen LogP contribution in [0.3, 0.4) is 0 Å². The maximum absolute atomic E-state index is 12.5. The van der Waals surface area contributed by atoms with Crippen LogP contribution in [0.4, 0.5) is 0 Å². The molecule has 2 bridgehead atoms. The van der Waals surface area contributed by atoms with Gasteiger partial charge in [-0.3, -0.25) is 4.79 Å². The zero-order valence-corrected chi connectivity index (χ0v) is 13.1. The fraction of sp³-hybridized carbons (Fsp3) is 0.706. The topological polar surface area (TPSA) is 29.1 Å². The van der Waals surface area contributed by atoms with Gasteiger partial charge in [0.15, 0.2) is 0 Å². The number of rotatable bonds is 2. The normalized spacial score (nSPS) is 30.2. The van der Waals surface area contributed by atoms with Gasteiger partial charge in [0.2, 0.25) is 5.91 Å². The molecule has 3 rings (SSSR count). The monoisotopic (exact) mass is 261 g/mol. The molecule has 0 aliphatic heterocycles. The largest absolute Gasteiger partial charge is 0.348 e. The van der Waals surface area contributed by atoms with Gasteiger partial charge in [0.25, 0.3) is 0 Å². The highest BCUT2D eigenvalue weighted by Crippen LogP contribution is 2.46. The molecule has 0 aromatic rings. The van der Waals surface area contributed by atoms with Crippen molar-refractivity contribution in [2.45, 2.75) is 53.5 Å². The molecule has 2 nitrogen and oxygen atoms in total. The average molecular weight is 261 g/mol. The van der Waals surface area contributed by atoms with Crippen LogP contribution in [0.25, 0.3) is 0 Å². The molecule has 3 aliphatic carbocycles. The Bertz CT molecular complexity index is 437. The maximum atomic E-state index is 12.5. The molecule has 2 heteroatoms.